The Kier molecular flexibility index (Phi) is 6.06. The number of carbonyl (C=O) groups is 1. The molecule has 0 N–H and O–H groups in total. The normalized spacial score (nSPS) is 21.4. The minimum atomic E-state index is -4.40. The average molecular weight is 515 g/mol. The maximum Gasteiger partial charge on any atom is 0.416 e. The summed E-state index contributed by atoms with van der Waals surface area (Å²) in [6.07, 6.45) is 1.92. The Hall–Kier alpha value is -2.81. The van der Waals surface area contributed by atoms with E-state index >= 15 is 0 Å². The first-order valence-electron chi connectivity index (χ1n) is 12.7. The maximum absolute atomic E-state index is 13.6. The second-order valence-corrected chi connectivity index (χ2v) is 11.1. The average Bonchev–Trinajstić information content (AvgIpc) is 3.29. The molecule has 9 heteroatoms. The molecule has 5 nitrogen and oxygen atoms in total. The van der Waals surface area contributed by atoms with E-state index in [2.05, 4.69) is 27.1 Å². The zero-order valence-corrected chi connectivity index (χ0v) is 20.8. The number of likely N-dealkylation sites (tertiary alicyclic amines) is 1. The van der Waals surface area contributed by atoms with Gasteiger partial charge in [0.05, 0.1) is 34.1 Å². The lowest BCUT2D eigenvalue weighted by Gasteiger charge is -2.33. The second-order valence-electron chi connectivity index (χ2n) is 10.2. The molecule has 3 aromatic rings. The number of anilines is 1. The Morgan fingerprint density at radius 3 is 2.42 bits per heavy atom. The van der Waals surface area contributed by atoms with E-state index in [-0.39, 0.29) is 23.4 Å². The zero-order chi connectivity index (χ0) is 24.9. The predicted octanol–water partition coefficient (Wildman–Crippen LogP) is 6.31. The summed E-state index contributed by atoms with van der Waals surface area (Å²) in [7, 11) is 0. The first kappa shape index (κ1) is 23.6. The van der Waals surface area contributed by atoms with Crippen molar-refractivity contribution in [2.75, 3.05) is 31.1 Å². The molecule has 0 bridgehead atoms. The number of piperidine rings is 1. The highest BCUT2D eigenvalue weighted by Gasteiger charge is 2.40. The van der Waals surface area contributed by atoms with E-state index in [1.807, 2.05) is 0 Å². The number of rotatable bonds is 5. The molecule has 4 heterocycles. The third-order valence-electron chi connectivity index (χ3n) is 7.84. The molecular weight excluding hydrogens is 485 g/mol. The number of nitrogens with zero attached hydrogens (tertiary/aromatic N) is 4. The van der Waals surface area contributed by atoms with Crippen LogP contribution < -0.4 is 4.90 Å². The number of hydrogen-bond acceptors (Lipinski definition) is 4. The molecule has 0 radical (unpaired) electrons. The smallest absolute Gasteiger partial charge is 0.363 e. The van der Waals surface area contributed by atoms with Gasteiger partial charge in [-0.1, -0.05) is 18.2 Å². The summed E-state index contributed by atoms with van der Waals surface area (Å²) in [5.74, 6) is -0.0509. The van der Waals surface area contributed by atoms with Crippen molar-refractivity contribution >= 4 is 22.2 Å². The van der Waals surface area contributed by atoms with Gasteiger partial charge in [0.15, 0.2) is 0 Å². The number of aromatic nitrogens is 2. The third kappa shape index (κ3) is 4.42. The monoisotopic (exact) mass is 514 g/mol. The van der Waals surface area contributed by atoms with Crippen LogP contribution in [-0.4, -0.2) is 46.8 Å². The highest BCUT2D eigenvalue weighted by atomic mass is 32.1. The Balaban J connectivity index is 1.19. The fourth-order valence-electron chi connectivity index (χ4n) is 5.85. The predicted molar refractivity (Wildman–Crippen MR) is 134 cm³/mol. The number of benzene rings is 1. The molecule has 0 spiro atoms. The van der Waals surface area contributed by atoms with Gasteiger partial charge in [-0.25, -0.2) is 0 Å². The summed E-state index contributed by atoms with van der Waals surface area (Å²) in [4.78, 5) is 17.7. The van der Waals surface area contributed by atoms with Gasteiger partial charge in [-0.05, 0) is 61.2 Å². The Bertz CT molecular complexity index is 1230. The van der Waals surface area contributed by atoms with Crippen molar-refractivity contribution in [2.24, 2.45) is 0 Å². The molecule has 1 aliphatic carbocycles. The molecule has 1 atom stereocenters. The van der Waals surface area contributed by atoms with Crippen LogP contribution >= 0.6 is 11.3 Å². The van der Waals surface area contributed by atoms with E-state index in [0.29, 0.717) is 31.0 Å². The largest absolute Gasteiger partial charge is 0.416 e. The lowest BCUT2D eigenvalue weighted by atomic mass is 9.93. The molecule has 1 unspecified atom stereocenters. The van der Waals surface area contributed by atoms with E-state index in [1.54, 1.807) is 34.6 Å². The van der Waals surface area contributed by atoms with E-state index in [0.717, 1.165) is 50.5 Å². The molecule has 1 saturated carbocycles. The first-order valence-corrected chi connectivity index (χ1v) is 13.6. The molecule has 3 aliphatic rings. The lowest BCUT2D eigenvalue weighted by Crippen LogP contribution is -2.35. The number of carbonyl (C=O) groups excluding carboxylic acids is 1. The summed E-state index contributed by atoms with van der Waals surface area (Å²) < 4.78 is 42.8. The maximum atomic E-state index is 13.6. The van der Waals surface area contributed by atoms with Crippen molar-refractivity contribution in [3.05, 3.63) is 70.4 Å². The van der Waals surface area contributed by atoms with Crippen LogP contribution in [0.5, 0.6) is 0 Å². The van der Waals surface area contributed by atoms with Crippen LogP contribution in [-0.2, 0) is 6.18 Å². The van der Waals surface area contributed by atoms with Gasteiger partial charge < -0.3 is 9.80 Å². The Morgan fingerprint density at radius 1 is 0.944 bits per heavy atom. The fourth-order valence-corrected chi connectivity index (χ4v) is 6.64. The molecule has 190 valence electrons. The quantitative estimate of drug-likeness (QED) is 0.401. The van der Waals surface area contributed by atoms with Crippen LogP contribution in [0, 0.1) is 0 Å². The zero-order valence-electron chi connectivity index (χ0n) is 20.0. The van der Waals surface area contributed by atoms with Crippen molar-refractivity contribution < 1.29 is 18.0 Å². The SMILES string of the molecule is O=C(c1cnn(C2CCN(c3cccs3)CC2)c1C1CC1)N1CCC(c2ccccc2C(F)(F)F)C1. The van der Waals surface area contributed by atoms with Gasteiger partial charge in [-0.15, -0.1) is 11.3 Å². The van der Waals surface area contributed by atoms with Crippen molar-refractivity contribution in [3.63, 3.8) is 0 Å². The molecular formula is C27H29F3N4OS. The van der Waals surface area contributed by atoms with E-state index in [9.17, 15) is 18.0 Å². The van der Waals surface area contributed by atoms with Gasteiger partial charge in [0.1, 0.15) is 0 Å². The van der Waals surface area contributed by atoms with Crippen molar-refractivity contribution in [1.29, 1.82) is 0 Å². The standard InChI is InChI=1S/C27H29F3N4OS/c28-27(29,30)23-5-2-1-4-21(23)19-9-12-33(17-19)26(35)22-16-31-34(25(22)18-7-8-18)20-10-13-32(14-11-20)24-6-3-15-36-24/h1-6,15-16,18-20H,7-14,17H2. The van der Waals surface area contributed by atoms with Crippen molar-refractivity contribution in [2.45, 2.75) is 56.2 Å². The highest BCUT2D eigenvalue weighted by molar-refractivity contribution is 7.14. The molecule has 1 amide bonds. The summed E-state index contributed by atoms with van der Waals surface area (Å²) >= 11 is 1.76. The van der Waals surface area contributed by atoms with Crippen LogP contribution in [0.4, 0.5) is 18.2 Å². The second kappa shape index (κ2) is 9.25. The molecule has 3 fully saturated rings. The minimum absolute atomic E-state index is 0.0915. The first-order chi connectivity index (χ1) is 17.4. The summed E-state index contributed by atoms with van der Waals surface area (Å²) in [5.41, 5.74) is 1.37. The summed E-state index contributed by atoms with van der Waals surface area (Å²) in [5, 5.41) is 8.10. The van der Waals surface area contributed by atoms with Crippen LogP contribution in [0.15, 0.2) is 48.0 Å². The summed E-state index contributed by atoms with van der Waals surface area (Å²) in [6, 6.07) is 10.3. The van der Waals surface area contributed by atoms with Gasteiger partial charge in [0.25, 0.3) is 5.91 Å². The van der Waals surface area contributed by atoms with Gasteiger partial charge in [-0.3, -0.25) is 9.48 Å². The van der Waals surface area contributed by atoms with Gasteiger partial charge in [-0.2, -0.15) is 18.3 Å². The Morgan fingerprint density at radius 2 is 1.72 bits per heavy atom. The highest BCUT2D eigenvalue weighted by Crippen LogP contribution is 2.45. The van der Waals surface area contributed by atoms with Crippen LogP contribution in [0.1, 0.15) is 77.2 Å². The number of hydrogen-bond donors (Lipinski definition) is 0. The molecule has 6 rings (SSSR count). The molecule has 2 aromatic heterocycles. The van der Waals surface area contributed by atoms with Gasteiger partial charge in [0, 0.05) is 38.0 Å². The van der Waals surface area contributed by atoms with Gasteiger partial charge in [0.2, 0.25) is 0 Å². The van der Waals surface area contributed by atoms with Crippen molar-refractivity contribution in [3.8, 4) is 0 Å². The Labute approximate surface area is 212 Å². The van der Waals surface area contributed by atoms with E-state index in [4.69, 9.17) is 5.10 Å². The molecule has 2 aliphatic heterocycles. The summed E-state index contributed by atoms with van der Waals surface area (Å²) in [6.45, 7) is 2.69. The molecule has 1 aromatic carbocycles. The number of amides is 1. The number of thiophene rings is 1. The van der Waals surface area contributed by atoms with E-state index in [1.165, 1.54) is 11.1 Å². The lowest BCUT2D eigenvalue weighted by molar-refractivity contribution is -0.138. The number of alkyl halides is 3. The third-order valence-corrected chi connectivity index (χ3v) is 8.77. The van der Waals surface area contributed by atoms with Crippen LogP contribution in [0.3, 0.4) is 0 Å². The number of halogens is 3. The van der Waals surface area contributed by atoms with E-state index < -0.39 is 11.7 Å². The van der Waals surface area contributed by atoms with Crippen molar-refractivity contribution in [1.82, 2.24) is 14.7 Å². The topological polar surface area (TPSA) is 41.4 Å². The molecule has 36 heavy (non-hydrogen) atoms. The van der Waals surface area contributed by atoms with Crippen LogP contribution in [0.2, 0.25) is 0 Å². The molecule has 2 saturated heterocycles. The fraction of sp³-hybridized carbons (Fsp3) is 0.481. The van der Waals surface area contributed by atoms with Crippen LogP contribution in [0.25, 0.3) is 0 Å². The van der Waals surface area contributed by atoms with Gasteiger partial charge >= 0.3 is 6.18 Å². The minimum Gasteiger partial charge on any atom is -0.363 e.